The molecular formula is C13H20O2S6. The molecule has 0 bridgehead atoms. The van der Waals surface area contributed by atoms with Crippen LogP contribution in [0.4, 0.5) is 0 Å². The van der Waals surface area contributed by atoms with Crippen LogP contribution in [-0.4, -0.2) is 55.6 Å². The Morgan fingerprint density at radius 2 is 1.33 bits per heavy atom. The number of thioether (sulfide) groups is 6. The summed E-state index contributed by atoms with van der Waals surface area (Å²) in [7, 11) is 0. The highest BCUT2D eigenvalue weighted by Crippen LogP contribution is 2.42. The summed E-state index contributed by atoms with van der Waals surface area (Å²) < 4.78 is 1.19. The molecule has 0 aromatic rings. The standard InChI is InChI=1S/C13H20O2S6/c14-4-10-6-18-12(20-10)8-16-2-1-3-17-9-13-19-7-11(5-15)21-13/h6-7,12-15H,1-5,8-9H2. The van der Waals surface area contributed by atoms with Gasteiger partial charge in [0, 0.05) is 21.3 Å². The largest absolute Gasteiger partial charge is 0.391 e. The second kappa shape index (κ2) is 11.1. The van der Waals surface area contributed by atoms with Crippen molar-refractivity contribution in [3.8, 4) is 0 Å². The van der Waals surface area contributed by atoms with E-state index < -0.39 is 0 Å². The molecule has 2 atom stereocenters. The molecule has 2 aliphatic rings. The summed E-state index contributed by atoms with van der Waals surface area (Å²) in [5, 5.41) is 22.3. The topological polar surface area (TPSA) is 40.5 Å². The maximum Gasteiger partial charge on any atom is 0.0746 e. The molecule has 21 heavy (non-hydrogen) atoms. The van der Waals surface area contributed by atoms with Crippen LogP contribution in [0.2, 0.25) is 0 Å². The number of aliphatic hydroxyl groups excluding tert-OH is 2. The minimum atomic E-state index is 0.194. The summed E-state index contributed by atoms with van der Waals surface area (Å²) in [5.74, 6) is 4.78. The van der Waals surface area contributed by atoms with E-state index in [1.807, 2.05) is 70.6 Å². The van der Waals surface area contributed by atoms with Crippen molar-refractivity contribution in [2.45, 2.75) is 15.6 Å². The molecule has 2 N–H and O–H groups in total. The van der Waals surface area contributed by atoms with Crippen molar-refractivity contribution >= 4 is 70.6 Å². The Labute approximate surface area is 152 Å². The van der Waals surface area contributed by atoms with Crippen LogP contribution in [0.15, 0.2) is 20.6 Å². The van der Waals surface area contributed by atoms with Crippen molar-refractivity contribution in [1.29, 1.82) is 0 Å². The second-order valence-corrected chi connectivity index (χ2v) is 12.1. The summed E-state index contributed by atoms with van der Waals surface area (Å²) in [4.78, 5) is 2.23. The zero-order valence-corrected chi connectivity index (χ0v) is 16.5. The molecule has 0 fully saturated rings. The van der Waals surface area contributed by atoms with Gasteiger partial charge in [-0.25, -0.2) is 0 Å². The quantitative estimate of drug-likeness (QED) is 0.531. The van der Waals surface area contributed by atoms with Gasteiger partial charge in [-0.2, -0.15) is 23.5 Å². The minimum absolute atomic E-state index is 0.194. The molecule has 2 rings (SSSR count). The highest BCUT2D eigenvalue weighted by Gasteiger charge is 2.18. The molecule has 0 aromatic carbocycles. The molecule has 2 heterocycles. The SMILES string of the molecule is OCC1=CSC(CSCCCSCC2SC=C(CO)S2)S1. The molecule has 2 nitrogen and oxygen atoms in total. The van der Waals surface area contributed by atoms with Crippen LogP contribution >= 0.6 is 70.6 Å². The van der Waals surface area contributed by atoms with Crippen molar-refractivity contribution < 1.29 is 10.2 Å². The predicted octanol–water partition coefficient (Wildman–Crippen LogP) is 4.12. The van der Waals surface area contributed by atoms with Crippen LogP contribution in [0.1, 0.15) is 6.42 Å². The molecule has 0 amide bonds. The van der Waals surface area contributed by atoms with E-state index in [9.17, 15) is 0 Å². The zero-order chi connectivity index (χ0) is 14.9. The lowest BCUT2D eigenvalue weighted by Crippen LogP contribution is -2.00. The Morgan fingerprint density at radius 1 is 0.857 bits per heavy atom. The van der Waals surface area contributed by atoms with Gasteiger partial charge in [0.05, 0.1) is 22.4 Å². The molecule has 0 spiro atoms. The first-order chi connectivity index (χ1) is 10.3. The highest BCUT2D eigenvalue weighted by molar-refractivity contribution is 8.24. The summed E-state index contributed by atoms with van der Waals surface area (Å²) >= 11 is 11.4. The lowest BCUT2D eigenvalue weighted by molar-refractivity contribution is 0.339. The van der Waals surface area contributed by atoms with Gasteiger partial charge in [0.1, 0.15) is 0 Å². The van der Waals surface area contributed by atoms with Crippen molar-refractivity contribution in [1.82, 2.24) is 0 Å². The van der Waals surface area contributed by atoms with Crippen LogP contribution in [0.25, 0.3) is 0 Å². The Hall–Kier alpha value is 1.50. The van der Waals surface area contributed by atoms with Crippen LogP contribution in [-0.2, 0) is 0 Å². The molecule has 8 heteroatoms. The molecule has 2 unspecified atom stereocenters. The predicted molar refractivity (Wildman–Crippen MR) is 108 cm³/mol. The first kappa shape index (κ1) is 18.8. The Balaban J connectivity index is 1.38. The number of aliphatic hydroxyl groups is 2. The molecular weight excluding hydrogens is 381 g/mol. The van der Waals surface area contributed by atoms with E-state index in [4.69, 9.17) is 10.2 Å². The van der Waals surface area contributed by atoms with Crippen molar-refractivity contribution in [3.05, 3.63) is 20.6 Å². The third-order valence-corrected chi connectivity index (χ3v) is 11.1. The molecule has 0 aromatic heterocycles. The van der Waals surface area contributed by atoms with Gasteiger partial charge in [0.2, 0.25) is 0 Å². The van der Waals surface area contributed by atoms with Crippen LogP contribution in [0, 0.1) is 0 Å². The van der Waals surface area contributed by atoms with E-state index in [-0.39, 0.29) is 13.2 Å². The maximum absolute atomic E-state index is 9.04. The third-order valence-electron chi connectivity index (χ3n) is 2.67. The van der Waals surface area contributed by atoms with Crippen LogP contribution < -0.4 is 0 Å². The summed E-state index contributed by atoms with van der Waals surface area (Å²) in [5.41, 5.74) is 0. The highest BCUT2D eigenvalue weighted by atomic mass is 32.2. The van der Waals surface area contributed by atoms with Crippen molar-refractivity contribution in [3.63, 3.8) is 0 Å². The Kier molecular flexibility index (Phi) is 9.98. The molecule has 2 aliphatic heterocycles. The fourth-order valence-electron chi connectivity index (χ4n) is 1.67. The second-order valence-electron chi connectivity index (χ2n) is 4.35. The van der Waals surface area contributed by atoms with Crippen molar-refractivity contribution in [2.75, 3.05) is 36.2 Å². The fraction of sp³-hybridized carbons (Fsp3) is 0.692. The first-order valence-corrected chi connectivity index (χ1v) is 12.7. The van der Waals surface area contributed by atoms with E-state index in [0.29, 0.717) is 9.16 Å². The molecule has 0 saturated carbocycles. The van der Waals surface area contributed by atoms with Crippen LogP contribution in [0.5, 0.6) is 0 Å². The fourth-order valence-corrected chi connectivity index (χ4v) is 9.47. The Morgan fingerprint density at radius 3 is 1.71 bits per heavy atom. The smallest absolute Gasteiger partial charge is 0.0746 e. The number of hydrogen-bond acceptors (Lipinski definition) is 8. The molecule has 120 valence electrons. The first-order valence-electron chi connectivity index (χ1n) is 6.71. The van der Waals surface area contributed by atoms with Gasteiger partial charge < -0.3 is 10.2 Å². The van der Waals surface area contributed by atoms with Gasteiger partial charge in [0.15, 0.2) is 0 Å². The monoisotopic (exact) mass is 400 g/mol. The van der Waals surface area contributed by atoms with Gasteiger partial charge in [-0.05, 0) is 28.7 Å². The molecule has 0 radical (unpaired) electrons. The van der Waals surface area contributed by atoms with E-state index in [0.717, 1.165) is 21.3 Å². The minimum Gasteiger partial charge on any atom is -0.391 e. The third kappa shape index (κ3) is 7.28. The Bertz CT molecular complexity index is 340. The van der Waals surface area contributed by atoms with Gasteiger partial charge in [0.25, 0.3) is 0 Å². The summed E-state index contributed by atoms with van der Waals surface area (Å²) in [6.45, 7) is 0.388. The van der Waals surface area contributed by atoms with E-state index in [1.54, 1.807) is 0 Å². The van der Waals surface area contributed by atoms with Crippen LogP contribution in [0.3, 0.4) is 0 Å². The molecule has 0 aliphatic carbocycles. The van der Waals surface area contributed by atoms with Gasteiger partial charge in [-0.1, -0.05) is 0 Å². The lowest BCUT2D eigenvalue weighted by atomic mass is 10.6. The van der Waals surface area contributed by atoms with Crippen molar-refractivity contribution in [2.24, 2.45) is 0 Å². The zero-order valence-electron chi connectivity index (χ0n) is 11.6. The summed E-state index contributed by atoms with van der Waals surface area (Å²) in [6.07, 6.45) is 1.26. The van der Waals surface area contributed by atoms with Gasteiger partial charge in [-0.3, -0.25) is 0 Å². The maximum atomic E-state index is 9.04. The van der Waals surface area contributed by atoms with Gasteiger partial charge in [-0.15, -0.1) is 47.0 Å². The van der Waals surface area contributed by atoms with E-state index >= 15 is 0 Å². The lowest BCUT2D eigenvalue weighted by Gasteiger charge is -2.09. The number of rotatable bonds is 10. The molecule has 0 saturated heterocycles. The summed E-state index contributed by atoms with van der Waals surface area (Å²) in [6, 6.07) is 0. The van der Waals surface area contributed by atoms with E-state index in [2.05, 4.69) is 10.8 Å². The normalized spacial score (nSPS) is 25.2. The van der Waals surface area contributed by atoms with Gasteiger partial charge >= 0.3 is 0 Å². The van der Waals surface area contributed by atoms with E-state index in [1.165, 1.54) is 17.9 Å². The average Bonchev–Trinajstić information content (AvgIpc) is 3.15. The number of hydrogen-bond donors (Lipinski definition) is 2. The average molecular weight is 401 g/mol.